The molecule has 1 aliphatic carbocycles. The zero-order valence-electron chi connectivity index (χ0n) is 43.3. The Morgan fingerprint density at radius 1 is 0.855 bits per heavy atom. The SMILES string of the molecule is COCCNC1CC2CCCC(O)(O2)C(=O)C(=O)N2CCCCC2C(=O)OC(C(C)CC2CCC(OCCO)C(OC)C2)CCC(C)/C=C(\C)C(O)C(OC)C(=O)C(C)CC(C)/C=C/C=C/C=C/1C. The van der Waals surface area contributed by atoms with Crippen LogP contribution >= 0.6 is 0 Å². The van der Waals surface area contributed by atoms with E-state index in [0.29, 0.717) is 76.5 Å². The Hall–Kier alpha value is -3.12. The highest BCUT2D eigenvalue weighted by Crippen LogP contribution is 2.36. The van der Waals surface area contributed by atoms with E-state index in [2.05, 4.69) is 12.2 Å². The van der Waals surface area contributed by atoms with Gasteiger partial charge in [0.25, 0.3) is 11.7 Å². The van der Waals surface area contributed by atoms with Crippen molar-refractivity contribution in [2.45, 2.75) is 186 Å². The summed E-state index contributed by atoms with van der Waals surface area (Å²) in [5, 5.41) is 36.3. The number of Topliss-reactive ketones (excluding diaryl/α,β-unsaturated/α-hetero) is 2. The summed E-state index contributed by atoms with van der Waals surface area (Å²) in [4.78, 5) is 58.0. The molecule has 0 radical (unpaired) electrons. The van der Waals surface area contributed by atoms with Crippen LogP contribution in [0.2, 0.25) is 0 Å². The molecule has 2 bridgehead atoms. The lowest BCUT2D eigenvalue weighted by molar-refractivity contribution is -0.243. The van der Waals surface area contributed by atoms with Crippen LogP contribution < -0.4 is 5.32 Å². The third kappa shape index (κ3) is 17.6. The van der Waals surface area contributed by atoms with E-state index >= 15 is 0 Å². The minimum atomic E-state index is -2.34. The number of amides is 1. The van der Waals surface area contributed by atoms with Crippen LogP contribution in [0.4, 0.5) is 0 Å². The number of nitrogens with one attached hydrogen (secondary N) is 1. The normalized spacial score (nSPS) is 37.7. The average Bonchev–Trinajstić information content (AvgIpc) is 3.33. The third-order valence-electron chi connectivity index (χ3n) is 14.9. The van der Waals surface area contributed by atoms with Crippen molar-refractivity contribution in [1.29, 1.82) is 0 Å². The maximum Gasteiger partial charge on any atom is 0.329 e. The fourth-order valence-electron chi connectivity index (χ4n) is 10.8. The average molecular weight is 973 g/mol. The van der Waals surface area contributed by atoms with Crippen molar-refractivity contribution in [1.82, 2.24) is 10.2 Å². The summed E-state index contributed by atoms with van der Waals surface area (Å²) in [6, 6.07) is -1.22. The van der Waals surface area contributed by atoms with Crippen molar-refractivity contribution in [3.05, 3.63) is 47.6 Å². The van der Waals surface area contributed by atoms with Crippen molar-refractivity contribution in [2.75, 3.05) is 54.2 Å². The highest BCUT2D eigenvalue weighted by molar-refractivity contribution is 6.39. The smallest absolute Gasteiger partial charge is 0.329 e. The largest absolute Gasteiger partial charge is 0.461 e. The number of ether oxygens (including phenoxy) is 6. The lowest BCUT2D eigenvalue weighted by Crippen LogP contribution is -2.58. The topological polar surface area (TPSA) is 200 Å². The lowest BCUT2D eigenvalue weighted by Gasteiger charge is -2.40. The minimum Gasteiger partial charge on any atom is -0.461 e. The second-order valence-electron chi connectivity index (χ2n) is 20.5. The molecule has 1 saturated carbocycles. The summed E-state index contributed by atoms with van der Waals surface area (Å²) in [5.41, 5.74) is 1.60. The van der Waals surface area contributed by atoms with Crippen molar-refractivity contribution in [3.63, 3.8) is 0 Å². The fourth-order valence-corrected chi connectivity index (χ4v) is 10.8. The Morgan fingerprint density at radius 2 is 1.62 bits per heavy atom. The Balaban J connectivity index is 1.66. The summed E-state index contributed by atoms with van der Waals surface area (Å²) in [7, 11) is 4.75. The van der Waals surface area contributed by atoms with E-state index in [4.69, 9.17) is 28.4 Å². The first-order valence-corrected chi connectivity index (χ1v) is 25.8. The van der Waals surface area contributed by atoms with E-state index in [-0.39, 0.29) is 79.8 Å². The predicted molar refractivity (Wildman–Crippen MR) is 264 cm³/mol. The minimum absolute atomic E-state index is 0.0394. The molecule has 14 atom stereocenters. The zero-order chi connectivity index (χ0) is 50.7. The van der Waals surface area contributed by atoms with Gasteiger partial charge in [0.2, 0.25) is 5.79 Å². The molecule has 392 valence electrons. The summed E-state index contributed by atoms with van der Waals surface area (Å²) < 4.78 is 35.4. The van der Waals surface area contributed by atoms with Gasteiger partial charge in [-0.15, -0.1) is 0 Å². The number of nitrogens with zero attached hydrogens (tertiary/aromatic N) is 1. The molecule has 14 unspecified atom stereocenters. The monoisotopic (exact) mass is 973 g/mol. The molecule has 1 amide bonds. The van der Waals surface area contributed by atoms with Crippen molar-refractivity contribution in [2.24, 2.45) is 29.6 Å². The number of piperidine rings is 1. The van der Waals surface area contributed by atoms with Gasteiger partial charge in [-0.25, -0.2) is 4.79 Å². The van der Waals surface area contributed by atoms with Crippen LogP contribution in [0.1, 0.15) is 131 Å². The number of aliphatic hydroxyl groups excluding tert-OH is 2. The first-order valence-electron chi connectivity index (χ1n) is 25.8. The zero-order valence-corrected chi connectivity index (χ0v) is 43.3. The Kier molecular flexibility index (Phi) is 24.9. The van der Waals surface area contributed by atoms with Gasteiger partial charge in [0, 0.05) is 52.8 Å². The quantitative estimate of drug-likeness (QED) is 0.0729. The van der Waals surface area contributed by atoms with Crippen molar-refractivity contribution >= 4 is 23.4 Å². The van der Waals surface area contributed by atoms with Gasteiger partial charge in [-0.3, -0.25) is 14.4 Å². The number of aliphatic hydroxyl groups is 3. The van der Waals surface area contributed by atoms with E-state index in [1.807, 2.05) is 64.2 Å². The molecule has 3 aliphatic heterocycles. The van der Waals surface area contributed by atoms with E-state index in [1.54, 1.807) is 21.1 Å². The number of rotatable bonds is 12. The van der Waals surface area contributed by atoms with E-state index in [1.165, 1.54) is 12.0 Å². The number of cyclic esters (lactones) is 1. The van der Waals surface area contributed by atoms with Crippen LogP contribution in [0.3, 0.4) is 0 Å². The summed E-state index contributed by atoms with van der Waals surface area (Å²) >= 11 is 0. The van der Waals surface area contributed by atoms with Crippen LogP contribution in [0, 0.1) is 29.6 Å². The van der Waals surface area contributed by atoms with Crippen LogP contribution in [0.15, 0.2) is 47.6 Å². The van der Waals surface area contributed by atoms with Crippen molar-refractivity contribution in [3.8, 4) is 0 Å². The van der Waals surface area contributed by atoms with Crippen LogP contribution in [-0.2, 0) is 47.6 Å². The highest BCUT2D eigenvalue weighted by atomic mass is 16.6. The van der Waals surface area contributed by atoms with Crippen LogP contribution in [0.5, 0.6) is 0 Å². The molecule has 4 rings (SSSR count). The van der Waals surface area contributed by atoms with Gasteiger partial charge >= 0.3 is 5.97 Å². The first-order chi connectivity index (χ1) is 33.0. The molecule has 3 heterocycles. The van der Waals surface area contributed by atoms with E-state index in [0.717, 1.165) is 31.3 Å². The van der Waals surface area contributed by atoms with Gasteiger partial charge < -0.3 is 54.0 Å². The molecule has 0 aromatic rings. The second kappa shape index (κ2) is 29.4. The Morgan fingerprint density at radius 3 is 2.33 bits per heavy atom. The molecule has 0 aromatic carbocycles. The molecule has 4 aliphatic rings. The van der Waals surface area contributed by atoms with Gasteiger partial charge in [-0.1, -0.05) is 69.7 Å². The molecule has 2 saturated heterocycles. The van der Waals surface area contributed by atoms with E-state index < -0.39 is 53.9 Å². The standard InChI is InChI=1S/C54H88N2O13/c1-35-16-11-10-12-17-37(3)43(55-25-28-64-7)34-42-18-15-24-54(63,69-42)51(60)52(61)56-26-14-13-19-44(56)53(62)68-45(38(4)32-41-21-23-46(67-29-27-57)47(33-41)65-8)22-20-36(2)31-40(6)49(59)50(66-9)48(58)39(5)30-35/h10-12,16-17,31,35-36,38-39,41-47,49-50,55,57,59,63H,13-15,18-30,32-34H2,1-9H3/b12-10+,16-11+,37-17+,40-31+. The van der Waals surface area contributed by atoms with Crippen LogP contribution in [0.25, 0.3) is 0 Å². The van der Waals surface area contributed by atoms with Gasteiger partial charge in [-0.2, -0.15) is 0 Å². The summed E-state index contributed by atoms with van der Waals surface area (Å²) in [6.45, 7) is 13.2. The molecule has 69 heavy (non-hydrogen) atoms. The number of carbonyl (C=O) groups excluding carboxylic acids is 4. The fraction of sp³-hybridized carbons (Fsp3) is 0.778. The molecule has 3 fully saturated rings. The maximum absolute atomic E-state index is 14.5. The Labute approximate surface area is 412 Å². The second-order valence-corrected chi connectivity index (χ2v) is 20.5. The number of methoxy groups -OCH3 is 3. The van der Waals surface area contributed by atoms with Gasteiger partial charge in [0.1, 0.15) is 24.4 Å². The maximum atomic E-state index is 14.5. The molecule has 15 nitrogen and oxygen atoms in total. The van der Waals surface area contributed by atoms with Gasteiger partial charge in [0.05, 0.1) is 38.1 Å². The van der Waals surface area contributed by atoms with Gasteiger partial charge in [0.15, 0.2) is 5.78 Å². The molecule has 4 N–H and O–H groups in total. The molecular formula is C54H88N2O13. The van der Waals surface area contributed by atoms with Crippen LogP contribution in [-0.4, -0.2) is 152 Å². The molecular weight excluding hydrogens is 885 g/mol. The van der Waals surface area contributed by atoms with Gasteiger partial charge in [-0.05, 0) is 127 Å². The number of allylic oxidation sites excluding steroid dienone is 6. The van der Waals surface area contributed by atoms with Crippen molar-refractivity contribution < 1.29 is 62.9 Å². The molecule has 0 spiro atoms. The molecule has 0 aromatic heterocycles. The van der Waals surface area contributed by atoms with E-state index in [9.17, 15) is 34.5 Å². The number of hydrogen-bond donors (Lipinski definition) is 4. The lowest BCUT2D eigenvalue weighted by atomic mass is 9.78. The predicted octanol–water partition coefficient (Wildman–Crippen LogP) is 6.36. The summed E-state index contributed by atoms with van der Waals surface area (Å²) in [6.07, 6.45) is 16.0. The number of carbonyl (C=O) groups is 4. The number of esters is 1. The molecule has 15 heteroatoms. The highest BCUT2D eigenvalue weighted by Gasteiger charge is 2.49. The Bertz CT molecular complexity index is 1750. The number of fused-ring (bicyclic) bond motifs is 3. The first kappa shape index (κ1) is 58.5. The summed E-state index contributed by atoms with van der Waals surface area (Å²) in [5.74, 6) is -5.35. The number of ketones is 2. The third-order valence-corrected chi connectivity index (χ3v) is 14.9. The number of hydrogen-bond acceptors (Lipinski definition) is 14.